The minimum Gasteiger partial charge on any atom is -0.468 e. The van der Waals surface area contributed by atoms with Crippen LogP contribution in [0.2, 0.25) is 0 Å². The lowest BCUT2D eigenvalue weighted by molar-refractivity contribution is -0.146. The van der Waals surface area contributed by atoms with Crippen molar-refractivity contribution in [1.82, 2.24) is 5.32 Å². The normalized spacial score (nSPS) is 12.8. The summed E-state index contributed by atoms with van der Waals surface area (Å²) in [7, 11) is 1.37. The van der Waals surface area contributed by atoms with Gasteiger partial charge in [0.25, 0.3) is 0 Å². The first-order valence-corrected chi connectivity index (χ1v) is 6.45. The minimum absolute atomic E-state index is 0.269. The molecular weight excluding hydrogens is 256 g/mol. The number of nitrogens with two attached hydrogens (primary N) is 1. The van der Waals surface area contributed by atoms with Crippen LogP contribution in [0.1, 0.15) is 36.7 Å². The van der Waals surface area contributed by atoms with Crippen LogP contribution >= 0.6 is 0 Å². The number of benzene rings is 1. The highest BCUT2D eigenvalue weighted by atomic mass is 16.5. The van der Waals surface area contributed by atoms with Gasteiger partial charge in [-0.1, -0.05) is 32.9 Å². The molecule has 0 radical (unpaired) electrons. The summed E-state index contributed by atoms with van der Waals surface area (Å²) < 4.78 is 4.81. The molecule has 5 nitrogen and oxygen atoms in total. The van der Waals surface area contributed by atoms with Crippen LogP contribution in [0.15, 0.2) is 24.3 Å². The van der Waals surface area contributed by atoms with Gasteiger partial charge < -0.3 is 10.5 Å². The van der Waals surface area contributed by atoms with Gasteiger partial charge in [-0.15, -0.1) is 0 Å². The molecule has 1 aromatic carbocycles. The molecule has 1 aromatic rings. The van der Waals surface area contributed by atoms with E-state index in [0.717, 1.165) is 5.56 Å². The Morgan fingerprint density at radius 2 is 2.00 bits per heavy atom. The van der Waals surface area contributed by atoms with Gasteiger partial charge in [0.1, 0.15) is 6.04 Å². The van der Waals surface area contributed by atoms with Crippen molar-refractivity contribution in [3.63, 3.8) is 0 Å². The van der Waals surface area contributed by atoms with E-state index < -0.39 is 11.9 Å². The molecule has 1 atom stereocenters. The Labute approximate surface area is 119 Å². The first kappa shape index (κ1) is 16.2. The van der Waals surface area contributed by atoms with Crippen LogP contribution in [0.3, 0.4) is 0 Å². The average molecular weight is 278 g/mol. The second-order valence-electron chi connectivity index (χ2n) is 5.77. The fourth-order valence-corrected chi connectivity index (χ4v) is 1.92. The maximum atomic E-state index is 11.8. The van der Waals surface area contributed by atoms with Gasteiger partial charge in [0.05, 0.1) is 7.11 Å². The topological polar surface area (TPSA) is 81.4 Å². The Morgan fingerprint density at radius 1 is 1.35 bits per heavy atom. The summed E-state index contributed by atoms with van der Waals surface area (Å²) in [4.78, 5) is 22.9. The summed E-state index contributed by atoms with van der Waals surface area (Å²) in [5, 5.41) is 3.17. The van der Waals surface area contributed by atoms with Crippen molar-refractivity contribution in [3.8, 4) is 0 Å². The van der Waals surface area contributed by atoms with Crippen LogP contribution in [-0.4, -0.2) is 25.0 Å². The quantitative estimate of drug-likeness (QED) is 0.799. The number of carbonyl (C=O) groups is 2. The number of hydrogen-bond donors (Lipinski definition) is 2. The summed E-state index contributed by atoms with van der Waals surface area (Å²) in [5.41, 5.74) is 6.32. The lowest BCUT2D eigenvalue weighted by Gasteiger charge is -2.29. The van der Waals surface area contributed by atoms with Crippen LogP contribution < -0.4 is 11.1 Å². The molecule has 0 unspecified atom stereocenters. The standard InChI is InChI=1S/C15H22N2O3/c1-15(2,3)12(14(19)20-4)17-9-10-6-5-7-11(8-10)13(16)18/h5-8,12,17H,9H2,1-4H3,(H2,16,18)/t12-/m0/s1. The molecule has 20 heavy (non-hydrogen) atoms. The summed E-state index contributed by atoms with van der Waals surface area (Å²) in [5.74, 6) is -0.768. The SMILES string of the molecule is COC(=O)[C@H](NCc1cccc(C(N)=O)c1)C(C)(C)C. The highest BCUT2D eigenvalue weighted by Crippen LogP contribution is 2.20. The van der Waals surface area contributed by atoms with Gasteiger partial charge in [-0.05, 0) is 23.1 Å². The number of primary amides is 1. The predicted molar refractivity (Wildman–Crippen MR) is 77.1 cm³/mol. The smallest absolute Gasteiger partial charge is 0.323 e. The summed E-state index contributed by atoms with van der Waals surface area (Å²) in [6.45, 7) is 6.34. The lowest BCUT2D eigenvalue weighted by atomic mass is 9.86. The van der Waals surface area contributed by atoms with Crippen molar-refractivity contribution in [1.29, 1.82) is 0 Å². The highest BCUT2D eigenvalue weighted by molar-refractivity contribution is 5.92. The fourth-order valence-electron chi connectivity index (χ4n) is 1.92. The number of methoxy groups -OCH3 is 1. The van der Waals surface area contributed by atoms with E-state index in [9.17, 15) is 9.59 Å². The van der Waals surface area contributed by atoms with E-state index in [0.29, 0.717) is 12.1 Å². The summed E-state index contributed by atoms with van der Waals surface area (Å²) in [6, 6.07) is 6.59. The van der Waals surface area contributed by atoms with E-state index in [1.54, 1.807) is 18.2 Å². The van der Waals surface area contributed by atoms with Gasteiger partial charge in [0.2, 0.25) is 5.91 Å². The van der Waals surface area contributed by atoms with Crippen LogP contribution in [-0.2, 0) is 16.1 Å². The molecule has 110 valence electrons. The summed E-state index contributed by atoms with van der Waals surface area (Å²) >= 11 is 0. The number of carbonyl (C=O) groups excluding carboxylic acids is 2. The zero-order chi connectivity index (χ0) is 15.3. The number of hydrogen-bond acceptors (Lipinski definition) is 4. The second kappa shape index (κ2) is 6.52. The molecule has 1 amide bonds. The Kier molecular flexibility index (Phi) is 5.27. The Bertz CT molecular complexity index is 492. The molecule has 0 aliphatic rings. The number of nitrogens with one attached hydrogen (secondary N) is 1. The Morgan fingerprint density at radius 3 is 2.50 bits per heavy atom. The molecule has 0 heterocycles. The van der Waals surface area contributed by atoms with Gasteiger partial charge in [-0.25, -0.2) is 0 Å². The van der Waals surface area contributed by atoms with Gasteiger partial charge in [0, 0.05) is 12.1 Å². The number of esters is 1. The lowest BCUT2D eigenvalue weighted by Crippen LogP contribution is -2.46. The fraction of sp³-hybridized carbons (Fsp3) is 0.467. The molecule has 0 bridgehead atoms. The van der Waals surface area contributed by atoms with Crippen molar-refractivity contribution in [2.75, 3.05) is 7.11 Å². The third-order valence-electron chi connectivity index (χ3n) is 3.02. The number of rotatable bonds is 5. The van der Waals surface area contributed by atoms with E-state index >= 15 is 0 Å². The van der Waals surface area contributed by atoms with Gasteiger partial charge in [-0.2, -0.15) is 0 Å². The zero-order valence-electron chi connectivity index (χ0n) is 12.4. The second-order valence-corrected chi connectivity index (χ2v) is 5.77. The highest BCUT2D eigenvalue weighted by Gasteiger charge is 2.31. The molecule has 0 aliphatic heterocycles. The van der Waals surface area contributed by atoms with Crippen LogP contribution in [0.5, 0.6) is 0 Å². The largest absolute Gasteiger partial charge is 0.468 e. The first-order valence-electron chi connectivity index (χ1n) is 6.45. The molecule has 0 aromatic heterocycles. The first-order chi connectivity index (χ1) is 9.25. The zero-order valence-corrected chi connectivity index (χ0v) is 12.4. The monoisotopic (exact) mass is 278 g/mol. The van der Waals surface area contributed by atoms with Crippen molar-refractivity contribution < 1.29 is 14.3 Å². The van der Waals surface area contributed by atoms with Crippen LogP contribution in [0, 0.1) is 5.41 Å². The van der Waals surface area contributed by atoms with Gasteiger partial charge >= 0.3 is 5.97 Å². The number of ether oxygens (including phenoxy) is 1. The minimum atomic E-state index is -0.466. The maximum absolute atomic E-state index is 11.8. The van der Waals surface area contributed by atoms with Crippen LogP contribution in [0.25, 0.3) is 0 Å². The summed E-state index contributed by atoms with van der Waals surface area (Å²) in [6.07, 6.45) is 0. The molecule has 0 saturated carbocycles. The molecule has 0 saturated heterocycles. The van der Waals surface area contributed by atoms with Crippen molar-refractivity contribution in [2.24, 2.45) is 11.1 Å². The molecule has 0 fully saturated rings. The molecular formula is C15H22N2O3. The van der Waals surface area contributed by atoms with Crippen molar-refractivity contribution in [3.05, 3.63) is 35.4 Å². The third kappa shape index (κ3) is 4.35. The van der Waals surface area contributed by atoms with E-state index in [1.807, 2.05) is 26.8 Å². The maximum Gasteiger partial charge on any atom is 0.323 e. The van der Waals surface area contributed by atoms with E-state index in [4.69, 9.17) is 10.5 Å². The van der Waals surface area contributed by atoms with Gasteiger partial charge in [0.15, 0.2) is 0 Å². The molecule has 1 rings (SSSR count). The predicted octanol–water partition coefficient (Wildman–Crippen LogP) is 1.46. The molecule has 0 spiro atoms. The molecule has 3 N–H and O–H groups in total. The Hall–Kier alpha value is -1.88. The van der Waals surface area contributed by atoms with Crippen LogP contribution in [0.4, 0.5) is 0 Å². The van der Waals surface area contributed by atoms with Gasteiger partial charge in [-0.3, -0.25) is 14.9 Å². The Balaban J connectivity index is 2.80. The van der Waals surface area contributed by atoms with E-state index in [-0.39, 0.29) is 11.4 Å². The third-order valence-corrected chi connectivity index (χ3v) is 3.02. The van der Waals surface area contributed by atoms with Crippen molar-refractivity contribution >= 4 is 11.9 Å². The van der Waals surface area contributed by atoms with E-state index in [2.05, 4.69) is 5.32 Å². The number of amides is 1. The molecule has 0 aliphatic carbocycles. The van der Waals surface area contributed by atoms with Crippen molar-refractivity contribution in [2.45, 2.75) is 33.4 Å². The van der Waals surface area contributed by atoms with E-state index in [1.165, 1.54) is 7.11 Å². The molecule has 5 heteroatoms. The average Bonchev–Trinajstić information content (AvgIpc) is 2.37.